The van der Waals surface area contributed by atoms with Gasteiger partial charge in [0.15, 0.2) is 0 Å². The molecule has 0 aliphatic heterocycles. The van der Waals surface area contributed by atoms with E-state index in [1.807, 2.05) is 24.3 Å². The summed E-state index contributed by atoms with van der Waals surface area (Å²) in [5.41, 5.74) is 5.81. The molecule has 0 saturated carbocycles. The monoisotopic (exact) mass is 431 g/mol. The molecule has 1 aromatic heterocycles. The number of aromatic hydroxyl groups is 2. The first kappa shape index (κ1) is 20.4. The largest absolute Gasteiger partial charge is 0.508 e. The number of para-hydroxylation sites is 1. The van der Waals surface area contributed by atoms with Gasteiger partial charge in [-0.2, -0.15) is 5.10 Å². The van der Waals surface area contributed by atoms with Crippen LogP contribution in [0.5, 0.6) is 11.5 Å². The van der Waals surface area contributed by atoms with E-state index in [1.54, 1.807) is 49.4 Å². The highest BCUT2D eigenvalue weighted by Crippen LogP contribution is 2.26. The van der Waals surface area contributed by atoms with Crippen LogP contribution < -0.4 is 5.43 Å². The second-order valence-corrected chi connectivity index (χ2v) is 7.36. The van der Waals surface area contributed by atoms with Crippen LogP contribution in [0.1, 0.15) is 22.8 Å². The summed E-state index contributed by atoms with van der Waals surface area (Å²) in [5, 5.41) is 24.8. The number of pyridine rings is 1. The molecule has 1 heterocycles. The number of hydrazone groups is 1. The van der Waals surface area contributed by atoms with E-state index in [1.165, 1.54) is 6.07 Å². The summed E-state index contributed by atoms with van der Waals surface area (Å²) in [4.78, 5) is 17.6. The summed E-state index contributed by atoms with van der Waals surface area (Å²) in [5.74, 6) is -0.250. The molecule has 154 valence electrons. The zero-order valence-corrected chi connectivity index (χ0v) is 17.3. The molecule has 0 radical (unpaired) electrons. The van der Waals surface area contributed by atoms with Crippen molar-refractivity contribution in [3.05, 3.63) is 88.9 Å². The van der Waals surface area contributed by atoms with Crippen LogP contribution >= 0.6 is 11.6 Å². The summed E-state index contributed by atoms with van der Waals surface area (Å²) < 4.78 is 0. The fourth-order valence-electron chi connectivity index (χ4n) is 3.20. The van der Waals surface area contributed by atoms with E-state index >= 15 is 0 Å². The molecule has 3 N–H and O–H groups in total. The molecule has 0 saturated heterocycles. The first-order valence-electron chi connectivity index (χ1n) is 9.45. The van der Waals surface area contributed by atoms with Gasteiger partial charge in [0, 0.05) is 21.5 Å². The molecule has 7 heteroatoms. The van der Waals surface area contributed by atoms with Crippen molar-refractivity contribution in [3.8, 4) is 22.8 Å². The van der Waals surface area contributed by atoms with Crippen molar-refractivity contribution in [2.75, 3.05) is 0 Å². The highest BCUT2D eigenvalue weighted by atomic mass is 35.5. The third kappa shape index (κ3) is 4.34. The van der Waals surface area contributed by atoms with Crippen molar-refractivity contribution in [1.29, 1.82) is 0 Å². The zero-order valence-electron chi connectivity index (χ0n) is 16.5. The van der Waals surface area contributed by atoms with Gasteiger partial charge in [0.05, 0.1) is 22.5 Å². The lowest BCUT2D eigenvalue weighted by atomic mass is 10.0. The van der Waals surface area contributed by atoms with Crippen molar-refractivity contribution in [2.24, 2.45) is 5.10 Å². The zero-order chi connectivity index (χ0) is 22.0. The van der Waals surface area contributed by atoms with E-state index in [2.05, 4.69) is 15.5 Å². The molecular formula is C24H18ClN3O3. The van der Waals surface area contributed by atoms with Crippen LogP contribution in [-0.4, -0.2) is 26.8 Å². The van der Waals surface area contributed by atoms with Gasteiger partial charge < -0.3 is 10.2 Å². The fourth-order valence-corrected chi connectivity index (χ4v) is 3.37. The number of nitrogens with zero attached hydrogens (tertiary/aromatic N) is 2. The fraction of sp³-hybridized carbons (Fsp3) is 0.0417. The van der Waals surface area contributed by atoms with E-state index in [0.717, 1.165) is 5.56 Å². The summed E-state index contributed by atoms with van der Waals surface area (Å²) in [6.07, 6.45) is 0. The van der Waals surface area contributed by atoms with Crippen LogP contribution in [0.3, 0.4) is 0 Å². The van der Waals surface area contributed by atoms with Crippen molar-refractivity contribution < 1.29 is 15.0 Å². The topological polar surface area (TPSA) is 94.8 Å². The maximum Gasteiger partial charge on any atom is 0.272 e. The number of carbonyl (C=O) groups excluding carboxylic acids is 1. The Kier molecular flexibility index (Phi) is 5.56. The van der Waals surface area contributed by atoms with Crippen molar-refractivity contribution in [3.63, 3.8) is 0 Å². The third-order valence-electron chi connectivity index (χ3n) is 4.80. The second kappa shape index (κ2) is 8.45. The molecule has 4 rings (SSSR count). The molecule has 0 atom stereocenters. The minimum atomic E-state index is -0.417. The van der Waals surface area contributed by atoms with Gasteiger partial charge in [-0.05, 0) is 61.5 Å². The Balaban J connectivity index is 1.71. The number of nitrogens with one attached hydrogen (secondary N) is 1. The number of phenolic OH excluding ortho intramolecular Hbond substituents is 2. The van der Waals surface area contributed by atoms with E-state index in [0.29, 0.717) is 38.5 Å². The molecule has 0 fully saturated rings. The van der Waals surface area contributed by atoms with Gasteiger partial charge in [0.25, 0.3) is 5.91 Å². The number of benzene rings is 3. The van der Waals surface area contributed by atoms with Crippen LogP contribution in [0.4, 0.5) is 0 Å². The van der Waals surface area contributed by atoms with E-state index in [4.69, 9.17) is 11.6 Å². The number of fused-ring (bicyclic) bond motifs is 1. The quantitative estimate of drug-likeness (QED) is 0.308. The number of rotatable bonds is 4. The minimum Gasteiger partial charge on any atom is -0.508 e. The number of amides is 1. The van der Waals surface area contributed by atoms with Gasteiger partial charge in [-0.1, -0.05) is 29.8 Å². The van der Waals surface area contributed by atoms with Gasteiger partial charge in [-0.3, -0.25) is 4.79 Å². The van der Waals surface area contributed by atoms with E-state index < -0.39 is 5.91 Å². The molecule has 0 aliphatic rings. The average molecular weight is 432 g/mol. The Labute approximate surface area is 183 Å². The summed E-state index contributed by atoms with van der Waals surface area (Å²) >= 11 is 5.99. The standard InChI is InChI=1S/C24H18ClN3O3/c1-14(19-12-16(25)8-11-23(19)30)27-28-24(31)20-13-22(15-6-9-17(29)10-7-15)26-21-5-3-2-4-18(20)21/h2-13,29-30H,1H3,(H,28,31)/b27-14-. The molecule has 0 spiro atoms. The van der Waals surface area contributed by atoms with Gasteiger partial charge in [0.1, 0.15) is 11.5 Å². The van der Waals surface area contributed by atoms with Crippen molar-refractivity contribution in [2.45, 2.75) is 6.92 Å². The highest BCUT2D eigenvalue weighted by molar-refractivity contribution is 6.31. The Morgan fingerprint density at radius 2 is 1.71 bits per heavy atom. The Bertz CT molecular complexity index is 1320. The van der Waals surface area contributed by atoms with Gasteiger partial charge >= 0.3 is 0 Å². The lowest BCUT2D eigenvalue weighted by molar-refractivity contribution is 0.0956. The van der Waals surface area contributed by atoms with Crippen LogP contribution in [0, 0.1) is 0 Å². The van der Waals surface area contributed by atoms with Gasteiger partial charge in [0.2, 0.25) is 0 Å². The predicted octanol–water partition coefficient (Wildman–Crippen LogP) is 5.12. The van der Waals surface area contributed by atoms with E-state index in [-0.39, 0.29) is 11.5 Å². The van der Waals surface area contributed by atoms with E-state index in [9.17, 15) is 15.0 Å². The summed E-state index contributed by atoms with van der Waals surface area (Å²) in [7, 11) is 0. The Morgan fingerprint density at radius 1 is 0.968 bits per heavy atom. The third-order valence-corrected chi connectivity index (χ3v) is 5.03. The summed E-state index contributed by atoms with van der Waals surface area (Å²) in [6.45, 7) is 1.66. The predicted molar refractivity (Wildman–Crippen MR) is 122 cm³/mol. The van der Waals surface area contributed by atoms with Crippen LogP contribution in [-0.2, 0) is 0 Å². The SMILES string of the molecule is C/C(=N/NC(=O)c1cc(-c2ccc(O)cc2)nc2ccccc12)c1cc(Cl)ccc1O. The molecule has 0 bridgehead atoms. The number of halogens is 1. The lowest BCUT2D eigenvalue weighted by Gasteiger charge is -2.10. The normalized spacial score (nSPS) is 11.5. The van der Waals surface area contributed by atoms with Crippen LogP contribution in [0.2, 0.25) is 5.02 Å². The number of phenols is 2. The molecule has 31 heavy (non-hydrogen) atoms. The molecular weight excluding hydrogens is 414 g/mol. The first-order valence-corrected chi connectivity index (χ1v) is 9.83. The minimum absolute atomic E-state index is 0.0175. The lowest BCUT2D eigenvalue weighted by Crippen LogP contribution is -2.20. The van der Waals surface area contributed by atoms with Gasteiger partial charge in [-0.25, -0.2) is 10.4 Å². The first-order chi connectivity index (χ1) is 14.9. The van der Waals surface area contributed by atoms with Crippen molar-refractivity contribution >= 4 is 34.1 Å². The molecule has 6 nitrogen and oxygen atoms in total. The number of carbonyl (C=O) groups is 1. The maximum absolute atomic E-state index is 13.0. The number of aromatic nitrogens is 1. The smallest absolute Gasteiger partial charge is 0.272 e. The average Bonchev–Trinajstić information content (AvgIpc) is 2.78. The maximum atomic E-state index is 13.0. The number of hydrogen-bond donors (Lipinski definition) is 3. The number of hydrogen-bond acceptors (Lipinski definition) is 5. The second-order valence-electron chi connectivity index (χ2n) is 6.92. The van der Waals surface area contributed by atoms with Gasteiger partial charge in [-0.15, -0.1) is 0 Å². The van der Waals surface area contributed by atoms with Crippen molar-refractivity contribution in [1.82, 2.24) is 10.4 Å². The molecule has 4 aromatic rings. The molecule has 0 unspecified atom stereocenters. The molecule has 1 amide bonds. The van der Waals surface area contributed by atoms with Crippen LogP contribution in [0.25, 0.3) is 22.2 Å². The molecule has 3 aromatic carbocycles. The van der Waals surface area contributed by atoms with Crippen LogP contribution in [0.15, 0.2) is 77.9 Å². The summed E-state index contributed by atoms with van der Waals surface area (Å²) in [6, 6.07) is 20.2. The Morgan fingerprint density at radius 3 is 2.48 bits per heavy atom. The Hall–Kier alpha value is -3.90. The highest BCUT2D eigenvalue weighted by Gasteiger charge is 2.14. The molecule has 0 aliphatic carbocycles.